The van der Waals surface area contributed by atoms with E-state index in [1.54, 1.807) is 0 Å². The van der Waals surface area contributed by atoms with Crippen molar-refractivity contribution in [1.82, 2.24) is 16.0 Å². The van der Waals surface area contributed by atoms with E-state index in [0.717, 1.165) is 107 Å². The van der Waals surface area contributed by atoms with Gasteiger partial charge < -0.3 is 28.9 Å². The molecule has 3 heterocycles. The fraction of sp³-hybridized carbons (Fsp3) is 0.341. The maximum Gasteiger partial charge on any atom is 0.136 e. The number of anilines is 9. The molecule has 9 heteroatoms. The number of benzene rings is 9. The number of nitrogens with one attached hydrogen (secondary N) is 3. The molecule has 0 aliphatic carbocycles. The first-order valence-electron chi connectivity index (χ1n) is 33.8. The van der Waals surface area contributed by atoms with Crippen molar-refractivity contribution in [2.45, 2.75) is 151 Å². The summed E-state index contributed by atoms with van der Waals surface area (Å²) in [5, 5.41) is 10.1. The second kappa shape index (κ2) is 53.9. The third-order valence-electron chi connectivity index (χ3n) is 12.6. The Bertz CT molecular complexity index is 2880. The highest BCUT2D eigenvalue weighted by Gasteiger charge is 2.24. The van der Waals surface area contributed by atoms with Crippen molar-refractivity contribution in [3.8, 4) is 0 Å². The molecule has 3 atom stereocenters. The summed E-state index contributed by atoms with van der Waals surface area (Å²) in [5.74, 6) is 0. The normalized spacial score (nSPS) is 14.0. The fourth-order valence-electron chi connectivity index (χ4n) is 9.23. The Morgan fingerprint density at radius 3 is 0.846 bits per heavy atom. The van der Waals surface area contributed by atoms with E-state index in [1.807, 2.05) is 161 Å². The monoisotopic (exact) mass is 1230 g/mol. The number of hydrogen-bond donors (Lipinski definition) is 3. The van der Waals surface area contributed by atoms with E-state index in [-0.39, 0.29) is 26.1 Å². The summed E-state index contributed by atoms with van der Waals surface area (Å²) < 4.78 is 17.3. The molecule has 0 saturated carbocycles. The Hall–Kier alpha value is -7.86. The third-order valence-corrected chi connectivity index (χ3v) is 12.6. The molecule has 3 unspecified atom stereocenters. The van der Waals surface area contributed by atoms with Gasteiger partial charge in [0.1, 0.15) is 18.7 Å². The smallest absolute Gasteiger partial charge is 0.136 e. The summed E-state index contributed by atoms with van der Waals surface area (Å²) in [6.45, 7) is 41.0. The lowest BCUT2D eigenvalue weighted by molar-refractivity contribution is 0.102. The topological polar surface area (TPSA) is 73.5 Å². The lowest BCUT2D eigenvalue weighted by Gasteiger charge is -2.29. The number of para-hydroxylation sites is 7. The van der Waals surface area contributed by atoms with Gasteiger partial charge in [-0.3, -0.25) is 16.0 Å². The molecule has 9 aromatic rings. The van der Waals surface area contributed by atoms with Crippen LogP contribution >= 0.6 is 0 Å². The third kappa shape index (κ3) is 26.9. The van der Waals surface area contributed by atoms with Gasteiger partial charge in [-0.15, -0.1) is 0 Å². The molecule has 9 nitrogen and oxygen atoms in total. The molecule has 12 rings (SSSR count). The molecule has 494 valence electrons. The summed E-state index contributed by atoms with van der Waals surface area (Å²) in [7, 11) is 0. The van der Waals surface area contributed by atoms with Gasteiger partial charge in [-0.1, -0.05) is 284 Å². The van der Waals surface area contributed by atoms with Gasteiger partial charge >= 0.3 is 0 Å². The number of nitrogens with zero attached hydrogens (tertiary/aromatic N) is 3. The highest BCUT2D eigenvalue weighted by Crippen LogP contribution is 2.40. The Balaban J connectivity index is 0.00000118. The summed E-state index contributed by atoms with van der Waals surface area (Å²) in [6.07, 6.45) is -0.0598. The molecule has 3 saturated heterocycles. The van der Waals surface area contributed by atoms with E-state index in [0.29, 0.717) is 0 Å². The van der Waals surface area contributed by atoms with E-state index in [1.165, 1.54) is 0 Å². The Labute approximate surface area is 554 Å². The average Bonchev–Trinajstić information content (AvgIpc) is 1.93. The van der Waals surface area contributed by atoms with Crippen LogP contribution in [-0.2, 0) is 14.2 Å². The van der Waals surface area contributed by atoms with Crippen molar-refractivity contribution in [3.05, 3.63) is 271 Å². The van der Waals surface area contributed by atoms with Gasteiger partial charge in [-0.05, 0) is 114 Å². The largest absolute Gasteiger partial charge is 0.358 e. The molecule has 3 fully saturated rings. The van der Waals surface area contributed by atoms with E-state index >= 15 is 0 Å². The van der Waals surface area contributed by atoms with Crippen LogP contribution in [0.2, 0.25) is 0 Å². The molecule has 3 N–H and O–H groups in total. The van der Waals surface area contributed by atoms with Crippen LogP contribution in [0, 0.1) is 0 Å². The summed E-state index contributed by atoms with van der Waals surface area (Å²) in [5.41, 5.74) is 13.7. The SMILES string of the molecule is C.CC.CC.CC.CC.CC.CC.CC.CC.CC.c1ccc(N(c2ccccc2)c2ccc(C3NCCO3)cc2)cc1.c1ccc(N(c2ccccc2)c2cccc(C3NCCO3)c2)cc1.c1ccc(N(c2ccccc2)c2ccccc2C2NCCO2)cc1. The predicted molar refractivity (Wildman–Crippen MR) is 402 cm³/mol. The molecule has 0 radical (unpaired) electrons. The first-order valence-corrected chi connectivity index (χ1v) is 33.8. The van der Waals surface area contributed by atoms with Gasteiger partial charge in [0.15, 0.2) is 0 Å². The summed E-state index contributed by atoms with van der Waals surface area (Å²) in [4.78, 5) is 6.80. The molecular weight excluding hydrogens is 1120 g/mol. The van der Waals surface area contributed by atoms with Crippen molar-refractivity contribution < 1.29 is 14.2 Å². The summed E-state index contributed by atoms with van der Waals surface area (Å²) >= 11 is 0. The molecule has 0 amide bonds. The van der Waals surface area contributed by atoms with Crippen LogP contribution in [0.4, 0.5) is 51.2 Å². The van der Waals surface area contributed by atoms with Crippen molar-refractivity contribution >= 4 is 51.2 Å². The molecule has 0 bridgehead atoms. The van der Waals surface area contributed by atoms with E-state index in [4.69, 9.17) is 14.2 Å². The van der Waals surface area contributed by atoms with Crippen molar-refractivity contribution in [2.24, 2.45) is 0 Å². The standard InChI is InChI=1S/3C21H20N2O.9C2H6.CH4/c1-3-9-18(10-4-1)23(19-11-5-2-6-12-19)20-13-7-8-17(16-20)21-22-14-15-24-21;1-3-9-17(10-4-1)23(18-11-5-2-6-12-18)20-14-8-7-13-19(20)21-22-15-16-24-21;1-3-7-18(8-4-1)23(19-9-5-2-6-10-19)20-13-11-17(12-14-20)21-22-15-16-24-21;9*1-2;/h1-13,16,21-22H,14-15H2;2*1-14,21-22H,15-16H2;9*1-2H3;1H4. The minimum atomic E-state index is -0.0591. The first kappa shape index (κ1) is 83.1. The van der Waals surface area contributed by atoms with Crippen LogP contribution in [0.1, 0.15) is 167 Å². The maximum absolute atomic E-state index is 5.86. The molecule has 9 aromatic carbocycles. The quantitative estimate of drug-likeness (QED) is 0.111. The van der Waals surface area contributed by atoms with Gasteiger partial charge in [0.25, 0.3) is 0 Å². The fourth-order valence-corrected chi connectivity index (χ4v) is 9.23. The highest BCUT2D eigenvalue weighted by atomic mass is 16.5. The van der Waals surface area contributed by atoms with Gasteiger partial charge in [-0.2, -0.15) is 0 Å². The molecule has 3 aliphatic rings. The molecule has 91 heavy (non-hydrogen) atoms. The van der Waals surface area contributed by atoms with Crippen LogP contribution in [0.3, 0.4) is 0 Å². The Kier molecular flexibility index (Phi) is 49.3. The zero-order chi connectivity index (χ0) is 66.6. The predicted octanol–water partition coefficient (Wildman–Crippen LogP) is 24.2. The van der Waals surface area contributed by atoms with Crippen molar-refractivity contribution in [1.29, 1.82) is 0 Å². The molecular formula is C82H118N6O3. The van der Waals surface area contributed by atoms with Gasteiger partial charge in [0.05, 0.1) is 25.5 Å². The van der Waals surface area contributed by atoms with E-state index in [2.05, 4.69) is 249 Å². The van der Waals surface area contributed by atoms with Gasteiger partial charge in [0.2, 0.25) is 0 Å². The second-order valence-corrected chi connectivity index (χ2v) is 17.4. The van der Waals surface area contributed by atoms with Crippen molar-refractivity contribution in [2.75, 3.05) is 54.2 Å². The van der Waals surface area contributed by atoms with Crippen molar-refractivity contribution in [3.63, 3.8) is 0 Å². The van der Waals surface area contributed by atoms with Gasteiger partial charge in [0, 0.05) is 70.7 Å². The number of rotatable bonds is 12. The van der Waals surface area contributed by atoms with Crippen LogP contribution < -0.4 is 30.7 Å². The lowest BCUT2D eigenvalue weighted by atomic mass is 10.1. The zero-order valence-electron chi connectivity index (χ0n) is 58.3. The average molecular weight is 1240 g/mol. The first-order chi connectivity index (χ1) is 44.8. The van der Waals surface area contributed by atoms with Gasteiger partial charge in [-0.25, -0.2) is 0 Å². The number of ether oxygens (including phenoxy) is 3. The lowest BCUT2D eigenvalue weighted by Crippen LogP contribution is -2.18. The van der Waals surface area contributed by atoms with Crippen LogP contribution in [0.5, 0.6) is 0 Å². The maximum atomic E-state index is 5.86. The zero-order valence-corrected chi connectivity index (χ0v) is 58.3. The molecule has 0 aromatic heterocycles. The minimum absolute atomic E-state index is 0. The van der Waals surface area contributed by atoms with Crippen LogP contribution in [0.25, 0.3) is 0 Å². The minimum Gasteiger partial charge on any atom is -0.358 e. The molecule has 3 aliphatic heterocycles. The highest BCUT2D eigenvalue weighted by molar-refractivity contribution is 5.80. The van der Waals surface area contributed by atoms with Crippen LogP contribution in [0.15, 0.2) is 255 Å². The second-order valence-electron chi connectivity index (χ2n) is 17.4. The number of hydrogen-bond acceptors (Lipinski definition) is 9. The van der Waals surface area contributed by atoms with E-state index in [9.17, 15) is 0 Å². The molecule has 0 spiro atoms. The Morgan fingerprint density at radius 2 is 0.516 bits per heavy atom. The Morgan fingerprint density at radius 1 is 0.253 bits per heavy atom. The van der Waals surface area contributed by atoms with E-state index < -0.39 is 0 Å². The van der Waals surface area contributed by atoms with Crippen LogP contribution in [-0.4, -0.2) is 39.5 Å². The summed E-state index contributed by atoms with van der Waals surface area (Å²) in [6, 6.07) is 88.1.